The average Bonchev–Trinajstić information content (AvgIpc) is 2.17. The molecule has 3 N–H and O–H groups in total. The first-order chi connectivity index (χ1) is 9.23. The third-order valence-corrected chi connectivity index (χ3v) is 4.82. The Bertz CT molecular complexity index is 632. The number of nitrogens with one attached hydrogen (secondary N) is 1. The van der Waals surface area contributed by atoms with Gasteiger partial charge >= 0.3 is 0 Å². The van der Waals surface area contributed by atoms with Crippen molar-refractivity contribution in [2.45, 2.75) is 58.4 Å². The van der Waals surface area contributed by atoms with E-state index in [1.54, 1.807) is 0 Å². The van der Waals surface area contributed by atoms with Crippen LogP contribution in [0.2, 0.25) is 0 Å². The van der Waals surface area contributed by atoms with Crippen molar-refractivity contribution in [2.24, 2.45) is 5.41 Å². The van der Waals surface area contributed by atoms with Crippen molar-refractivity contribution in [3.05, 3.63) is 23.5 Å². The summed E-state index contributed by atoms with van der Waals surface area (Å²) >= 11 is 0. The predicted molar refractivity (Wildman–Crippen MR) is 84.0 cm³/mol. The fourth-order valence-corrected chi connectivity index (χ4v) is 4.43. The van der Waals surface area contributed by atoms with Crippen LogP contribution in [0.15, 0.2) is 17.0 Å². The lowest BCUT2D eigenvalue weighted by Crippen LogP contribution is -2.45. The van der Waals surface area contributed by atoms with Gasteiger partial charge in [0.1, 0.15) is 5.82 Å². The molecule has 1 rings (SSSR count). The van der Waals surface area contributed by atoms with Crippen molar-refractivity contribution in [3.63, 3.8) is 0 Å². The van der Waals surface area contributed by atoms with E-state index < -0.39 is 21.4 Å². The third kappa shape index (κ3) is 4.97. The zero-order valence-electron chi connectivity index (χ0n) is 13.5. The maximum Gasteiger partial charge on any atom is 0.241 e. The predicted octanol–water partition coefficient (Wildman–Crippen LogP) is 3.21. The van der Waals surface area contributed by atoms with E-state index in [0.29, 0.717) is 6.42 Å². The molecule has 0 aliphatic rings. The molecular formula is C15H25FN2O2S. The standard InChI is InChI=1S/C15H25FN2O2S/c1-10-12(16)7-11(17)8-13(10)21(19,20)18-15(5,6)9-14(2,3)4/h7-8,18H,9,17H2,1-6H3. The highest BCUT2D eigenvalue weighted by molar-refractivity contribution is 7.89. The molecule has 21 heavy (non-hydrogen) atoms. The molecule has 1 aromatic carbocycles. The Hall–Kier alpha value is -1.14. The summed E-state index contributed by atoms with van der Waals surface area (Å²) in [6.45, 7) is 11.2. The maximum atomic E-state index is 13.7. The smallest absolute Gasteiger partial charge is 0.241 e. The molecule has 0 aliphatic heterocycles. The summed E-state index contributed by atoms with van der Waals surface area (Å²) in [4.78, 5) is -0.109. The fourth-order valence-electron chi connectivity index (χ4n) is 2.73. The van der Waals surface area contributed by atoms with Crippen molar-refractivity contribution in [1.29, 1.82) is 0 Å². The van der Waals surface area contributed by atoms with Gasteiger partial charge in [-0.2, -0.15) is 0 Å². The molecule has 6 heteroatoms. The van der Waals surface area contributed by atoms with Gasteiger partial charge in [-0.05, 0) is 44.7 Å². The lowest BCUT2D eigenvalue weighted by atomic mass is 9.82. The minimum atomic E-state index is -3.84. The average molecular weight is 316 g/mol. The fraction of sp³-hybridized carbons (Fsp3) is 0.600. The van der Waals surface area contributed by atoms with Gasteiger partial charge in [0.05, 0.1) is 4.90 Å². The van der Waals surface area contributed by atoms with E-state index in [1.165, 1.54) is 13.0 Å². The molecule has 1 aromatic rings. The van der Waals surface area contributed by atoms with Crippen LogP contribution < -0.4 is 10.5 Å². The van der Waals surface area contributed by atoms with Crippen molar-refractivity contribution in [3.8, 4) is 0 Å². The maximum absolute atomic E-state index is 13.7. The van der Waals surface area contributed by atoms with E-state index in [2.05, 4.69) is 4.72 Å². The van der Waals surface area contributed by atoms with Crippen LogP contribution in [-0.2, 0) is 10.0 Å². The van der Waals surface area contributed by atoms with Gasteiger partial charge in [-0.15, -0.1) is 0 Å². The quantitative estimate of drug-likeness (QED) is 0.838. The molecule has 0 fully saturated rings. The summed E-state index contributed by atoms with van der Waals surface area (Å²) in [5.74, 6) is -0.621. The summed E-state index contributed by atoms with van der Waals surface area (Å²) < 4.78 is 41.4. The van der Waals surface area contributed by atoms with Crippen LogP contribution in [0.5, 0.6) is 0 Å². The largest absolute Gasteiger partial charge is 0.399 e. The highest BCUT2D eigenvalue weighted by atomic mass is 32.2. The second-order valence-corrected chi connectivity index (χ2v) is 9.00. The zero-order valence-corrected chi connectivity index (χ0v) is 14.4. The van der Waals surface area contributed by atoms with E-state index in [4.69, 9.17) is 5.73 Å². The lowest BCUT2D eigenvalue weighted by molar-refractivity contribution is 0.269. The van der Waals surface area contributed by atoms with Gasteiger partial charge in [0.15, 0.2) is 0 Å². The normalized spacial score (nSPS) is 13.5. The van der Waals surface area contributed by atoms with Crippen LogP contribution in [0.25, 0.3) is 0 Å². The van der Waals surface area contributed by atoms with Crippen LogP contribution in [0.4, 0.5) is 10.1 Å². The van der Waals surface area contributed by atoms with E-state index in [-0.39, 0.29) is 21.6 Å². The highest BCUT2D eigenvalue weighted by Crippen LogP contribution is 2.29. The number of halogens is 1. The Morgan fingerprint density at radius 2 is 1.71 bits per heavy atom. The monoisotopic (exact) mass is 316 g/mol. The number of sulfonamides is 1. The van der Waals surface area contributed by atoms with Crippen LogP contribution >= 0.6 is 0 Å². The molecule has 0 radical (unpaired) electrons. The molecule has 0 saturated heterocycles. The molecule has 0 amide bonds. The van der Waals surface area contributed by atoms with Gasteiger partial charge in [-0.1, -0.05) is 20.8 Å². The van der Waals surface area contributed by atoms with Crippen LogP contribution in [0, 0.1) is 18.2 Å². The molecule has 0 heterocycles. The number of nitrogen functional groups attached to an aromatic ring is 1. The molecule has 0 saturated carbocycles. The summed E-state index contributed by atoms with van der Waals surface area (Å²) in [7, 11) is -3.84. The molecule has 0 aromatic heterocycles. The summed E-state index contributed by atoms with van der Waals surface area (Å²) in [5, 5.41) is 0. The Kier molecular flexibility index (Phi) is 4.75. The number of hydrogen-bond acceptors (Lipinski definition) is 3. The molecule has 4 nitrogen and oxygen atoms in total. The second kappa shape index (κ2) is 5.57. The first-order valence-electron chi connectivity index (χ1n) is 6.83. The summed E-state index contributed by atoms with van der Waals surface area (Å²) in [6, 6.07) is 2.41. The van der Waals surface area contributed by atoms with E-state index in [9.17, 15) is 12.8 Å². The van der Waals surface area contributed by atoms with Crippen LogP contribution in [-0.4, -0.2) is 14.0 Å². The van der Waals surface area contributed by atoms with Gasteiger partial charge in [-0.3, -0.25) is 0 Å². The molecule has 0 unspecified atom stereocenters. The second-order valence-electron chi connectivity index (χ2n) is 7.35. The zero-order chi connectivity index (χ0) is 16.6. The Morgan fingerprint density at radius 3 is 2.19 bits per heavy atom. The Morgan fingerprint density at radius 1 is 1.19 bits per heavy atom. The van der Waals surface area contributed by atoms with Crippen LogP contribution in [0.3, 0.4) is 0 Å². The Balaban J connectivity index is 3.19. The first-order valence-corrected chi connectivity index (χ1v) is 8.31. The molecule has 0 spiro atoms. The molecule has 0 atom stereocenters. The highest BCUT2D eigenvalue weighted by Gasteiger charge is 2.31. The number of benzene rings is 1. The van der Waals surface area contributed by atoms with Crippen molar-refractivity contribution in [2.75, 3.05) is 5.73 Å². The van der Waals surface area contributed by atoms with Crippen LogP contribution in [0.1, 0.15) is 46.6 Å². The minimum absolute atomic E-state index is 0.0397. The van der Waals surface area contributed by atoms with Crippen molar-refractivity contribution in [1.82, 2.24) is 4.72 Å². The van der Waals surface area contributed by atoms with Gasteiger partial charge in [0, 0.05) is 16.8 Å². The van der Waals surface area contributed by atoms with E-state index in [0.717, 1.165) is 6.07 Å². The number of rotatable bonds is 4. The van der Waals surface area contributed by atoms with Gasteiger partial charge < -0.3 is 5.73 Å². The van der Waals surface area contributed by atoms with Crippen molar-refractivity contribution >= 4 is 15.7 Å². The minimum Gasteiger partial charge on any atom is -0.399 e. The molecule has 120 valence electrons. The number of nitrogens with two attached hydrogens (primary N) is 1. The topological polar surface area (TPSA) is 72.2 Å². The van der Waals surface area contributed by atoms with Gasteiger partial charge in [0.25, 0.3) is 0 Å². The van der Waals surface area contributed by atoms with E-state index in [1.807, 2.05) is 34.6 Å². The van der Waals surface area contributed by atoms with Crippen molar-refractivity contribution < 1.29 is 12.8 Å². The first kappa shape index (κ1) is 17.9. The van der Waals surface area contributed by atoms with Gasteiger partial charge in [-0.25, -0.2) is 17.5 Å². The van der Waals surface area contributed by atoms with Gasteiger partial charge in [0.2, 0.25) is 10.0 Å². The molecular weight excluding hydrogens is 291 g/mol. The summed E-state index contributed by atoms with van der Waals surface area (Å²) in [5.41, 5.74) is 5.03. The SMILES string of the molecule is Cc1c(F)cc(N)cc1S(=O)(=O)NC(C)(C)CC(C)(C)C. The van der Waals surface area contributed by atoms with E-state index >= 15 is 0 Å². The molecule has 0 bridgehead atoms. The molecule has 0 aliphatic carbocycles. The number of anilines is 1. The number of hydrogen-bond donors (Lipinski definition) is 2. The Labute approximate surface area is 127 Å². The summed E-state index contributed by atoms with van der Waals surface area (Å²) in [6.07, 6.45) is 0.642. The third-order valence-electron chi connectivity index (χ3n) is 2.99. The lowest BCUT2D eigenvalue weighted by Gasteiger charge is -2.33.